The summed E-state index contributed by atoms with van der Waals surface area (Å²) in [5.74, 6) is 0.889. The lowest BCUT2D eigenvalue weighted by Crippen LogP contribution is -2.00. The molecular formula is C17H17N3O. The number of nitrogens with zero attached hydrogens (tertiary/aromatic N) is 2. The summed E-state index contributed by atoms with van der Waals surface area (Å²) in [5.41, 5.74) is 3.14. The van der Waals surface area contributed by atoms with Crippen molar-refractivity contribution >= 4 is 5.69 Å². The predicted octanol–water partition coefficient (Wildman–Crippen LogP) is 3.49. The van der Waals surface area contributed by atoms with Crippen molar-refractivity contribution < 1.29 is 4.74 Å². The normalized spacial score (nSPS) is 10.3. The van der Waals surface area contributed by atoms with E-state index in [1.807, 2.05) is 71.7 Å². The number of nitrogens with one attached hydrogen (secondary N) is 1. The first-order valence-corrected chi connectivity index (χ1v) is 6.82. The summed E-state index contributed by atoms with van der Waals surface area (Å²) in [6.45, 7) is 0.699. The minimum Gasteiger partial charge on any atom is -0.496 e. The molecule has 0 aliphatic heterocycles. The highest BCUT2D eigenvalue weighted by molar-refractivity contribution is 5.44. The summed E-state index contributed by atoms with van der Waals surface area (Å²) in [6, 6.07) is 18.0. The van der Waals surface area contributed by atoms with Crippen LogP contribution in [-0.2, 0) is 6.54 Å². The molecule has 0 spiro atoms. The summed E-state index contributed by atoms with van der Waals surface area (Å²) < 4.78 is 7.20. The minimum absolute atomic E-state index is 0.699. The molecule has 0 unspecified atom stereocenters. The molecule has 4 nitrogen and oxygen atoms in total. The summed E-state index contributed by atoms with van der Waals surface area (Å²) in [4.78, 5) is 0. The lowest BCUT2D eigenvalue weighted by atomic mass is 10.2. The Balaban J connectivity index is 1.71. The maximum Gasteiger partial charge on any atom is 0.123 e. The fourth-order valence-electron chi connectivity index (χ4n) is 2.18. The number of aromatic nitrogens is 2. The zero-order chi connectivity index (χ0) is 14.5. The van der Waals surface area contributed by atoms with Crippen molar-refractivity contribution in [2.45, 2.75) is 6.54 Å². The summed E-state index contributed by atoms with van der Waals surface area (Å²) in [6.07, 6.45) is 3.80. The number of hydrogen-bond acceptors (Lipinski definition) is 3. The topological polar surface area (TPSA) is 39.1 Å². The molecular weight excluding hydrogens is 262 g/mol. The van der Waals surface area contributed by atoms with Gasteiger partial charge < -0.3 is 10.1 Å². The molecule has 0 saturated carbocycles. The maximum atomic E-state index is 5.35. The molecule has 0 aliphatic rings. The van der Waals surface area contributed by atoms with Gasteiger partial charge in [-0.15, -0.1) is 0 Å². The second kappa shape index (κ2) is 6.13. The number of anilines is 1. The van der Waals surface area contributed by atoms with Gasteiger partial charge in [0.25, 0.3) is 0 Å². The van der Waals surface area contributed by atoms with E-state index < -0.39 is 0 Å². The minimum atomic E-state index is 0.699. The van der Waals surface area contributed by atoms with Gasteiger partial charge in [0.1, 0.15) is 5.75 Å². The van der Waals surface area contributed by atoms with Gasteiger partial charge in [-0.2, -0.15) is 5.10 Å². The molecule has 0 atom stereocenters. The molecule has 0 amide bonds. The van der Waals surface area contributed by atoms with Gasteiger partial charge in [0.2, 0.25) is 0 Å². The van der Waals surface area contributed by atoms with Gasteiger partial charge in [0, 0.05) is 12.1 Å². The summed E-state index contributed by atoms with van der Waals surface area (Å²) in [7, 11) is 1.69. The Morgan fingerprint density at radius 3 is 2.62 bits per heavy atom. The third-order valence-electron chi connectivity index (χ3n) is 3.28. The first kappa shape index (κ1) is 13.2. The largest absolute Gasteiger partial charge is 0.496 e. The lowest BCUT2D eigenvalue weighted by molar-refractivity contribution is 0.410. The van der Waals surface area contributed by atoms with E-state index in [0.29, 0.717) is 6.54 Å². The van der Waals surface area contributed by atoms with Crippen LogP contribution in [0.4, 0.5) is 5.69 Å². The van der Waals surface area contributed by atoms with Gasteiger partial charge in [-0.05, 0) is 18.2 Å². The Hall–Kier alpha value is -2.75. The number of hydrogen-bond donors (Lipinski definition) is 1. The number of para-hydroxylation sites is 2. The summed E-state index contributed by atoms with van der Waals surface area (Å²) in [5, 5.41) is 7.73. The van der Waals surface area contributed by atoms with Crippen LogP contribution in [0, 0.1) is 0 Å². The Bertz CT molecular complexity index is 707. The Kier molecular flexibility index (Phi) is 3.87. The van der Waals surface area contributed by atoms with E-state index in [0.717, 1.165) is 22.7 Å². The van der Waals surface area contributed by atoms with Crippen molar-refractivity contribution in [3.8, 4) is 11.4 Å². The van der Waals surface area contributed by atoms with Crippen LogP contribution in [0.25, 0.3) is 5.69 Å². The average molecular weight is 279 g/mol. The van der Waals surface area contributed by atoms with E-state index in [4.69, 9.17) is 4.74 Å². The number of rotatable bonds is 5. The quantitative estimate of drug-likeness (QED) is 0.777. The Labute approximate surface area is 124 Å². The van der Waals surface area contributed by atoms with Gasteiger partial charge in [0.05, 0.1) is 30.9 Å². The molecule has 0 saturated heterocycles. The van der Waals surface area contributed by atoms with Crippen molar-refractivity contribution in [3.63, 3.8) is 0 Å². The number of benzene rings is 2. The fraction of sp³-hybridized carbons (Fsp3) is 0.118. The van der Waals surface area contributed by atoms with Crippen LogP contribution in [0.15, 0.2) is 67.0 Å². The van der Waals surface area contributed by atoms with Crippen LogP contribution in [-0.4, -0.2) is 16.9 Å². The van der Waals surface area contributed by atoms with E-state index >= 15 is 0 Å². The van der Waals surface area contributed by atoms with Crippen molar-refractivity contribution in [3.05, 3.63) is 72.6 Å². The number of ether oxygens (including phenoxy) is 1. The number of methoxy groups -OCH3 is 1. The van der Waals surface area contributed by atoms with Gasteiger partial charge in [-0.1, -0.05) is 36.4 Å². The highest BCUT2D eigenvalue weighted by Gasteiger charge is 2.03. The molecule has 0 radical (unpaired) electrons. The second-order valence-corrected chi connectivity index (χ2v) is 4.67. The van der Waals surface area contributed by atoms with Gasteiger partial charge in [-0.25, -0.2) is 4.68 Å². The van der Waals surface area contributed by atoms with E-state index in [1.165, 1.54) is 0 Å². The molecule has 4 heteroatoms. The van der Waals surface area contributed by atoms with Crippen molar-refractivity contribution in [1.29, 1.82) is 0 Å². The molecule has 0 fully saturated rings. The molecule has 2 aromatic carbocycles. The van der Waals surface area contributed by atoms with Crippen LogP contribution in [0.5, 0.6) is 5.75 Å². The average Bonchev–Trinajstić information content (AvgIpc) is 3.03. The molecule has 106 valence electrons. The Morgan fingerprint density at radius 1 is 1.05 bits per heavy atom. The fourth-order valence-corrected chi connectivity index (χ4v) is 2.18. The molecule has 1 N–H and O–H groups in total. The van der Waals surface area contributed by atoms with Crippen LogP contribution in [0.3, 0.4) is 0 Å². The van der Waals surface area contributed by atoms with Gasteiger partial charge in [0.15, 0.2) is 0 Å². The molecule has 0 bridgehead atoms. The molecule has 3 rings (SSSR count). The highest BCUT2D eigenvalue weighted by atomic mass is 16.5. The van der Waals surface area contributed by atoms with Crippen molar-refractivity contribution in [2.75, 3.05) is 12.4 Å². The molecule has 3 aromatic rings. The SMILES string of the molecule is COc1ccccc1CNc1cnn(-c2ccccc2)c1. The van der Waals surface area contributed by atoms with Crippen LogP contribution >= 0.6 is 0 Å². The molecule has 1 heterocycles. The monoisotopic (exact) mass is 279 g/mol. The van der Waals surface area contributed by atoms with Crippen molar-refractivity contribution in [1.82, 2.24) is 9.78 Å². The molecule has 1 aromatic heterocycles. The van der Waals surface area contributed by atoms with Crippen LogP contribution in [0.2, 0.25) is 0 Å². The van der Waals surface area contributed by atoms with E-state index in [1.54, 1.807) is 7.11 Å². The first-order valence-electron chi connectivity index (χ1n) is 6.82. The predicted molar refractivity (Wildman–Crippen MR) is 83.9 cm³/mol. The zero-order valence-corrected chi connectivity index (χ0v) is 11.9. The van der Waals surface area contributed by atoms with Crippen LogP contribution in [0.1, 0.15) is 5.56 Å². The van der Waals surface area contributed by atoms with E-state index in [2.05, 4.69) is 10.4 Å². The second-order valence-electron chi connectivity index (χ2n) is 4.67. The standard InChI is InChI=1S/C17H17N3O/c1-21-17-10-6-5-7-14(17)11-18-15-12-19-20(13-15)16-8-3-2-4-9-16/h2-10,12-13,18H,11H2,1H3. The molecule has 0 aliphatic carbocycles. The smallest absolute Gasteiger partial charge is 0.123 e. The van der Waals surface area contributed by atoms with Gasteiger partial charge in [-0.3, -0.25) is 0 Å². The summed E-state index contributed by atoms with van der Waals surface area (Å²) >= 11 is 0. The zero-order valence-electron chi connectivity index (χ0n) is 11.9. The Morgan fingerprint density at radius 2 is 1.81 bits per heavy atom. The van der Waals surface area contributed by atoms with Crippen molar-refractivity contribution in [2.24, 2.45) is 0 Å². The van der Waals surface area contributed by atoms with Crippen LogP contribution < -0.4 is 10.1 Å². The first-order chi connectivity index (χ1) is 10.4. The lowest BCUT2D eigenvalue weighted by Gasteiger charge is -2.08. The van der Waals surface area contributed by atoms with E-state index in [9.17, 15) is 0 Å². The van der Waals surface area contributed by atoms with E-state index in [-0.39, 0.29) is 0 Å². The van der Waals surface area contributed by atoms with Gasteiger partial charge >= 0.3 is 0 Å². The third kappa shape index (κ3) is 3.05. The third-order valence-corrected chi connectivity index (χ3v) is 3.28. The highest BCUT2D eigenvalue weighted by Crippen LogP contribution is 2.19. The maximum absolute atomic E-state index is 5.35. The molecule has 21 heavy (non-hydrogen) atoms.